The summed E-state index contributed by atoms with van der Waals surface area (Å²) in [4.78, 5) is 4.78. The number of thioether (sulfide) groups is 2. The van der Waals surface area contributed by atoms with E-state index >= 15 is 0 Å². The van der Waals surface area contributed by atoms with Gasteiger partial charge in [-0.25, -0.2) is 0 Å². The first kappa shape index (κ1) is 25.5. The Kier molecular flexibility index (Phi) is 6.50. The highest BCUT2D eigenvalue weighted by Gasteiger charge is 2.24. The van der Waals surface area contributed by atoms with Gasteiger partial charge in [0.05, 0.1) is 16.1 Å². The molecule has 4 aromatic carbocycles. The molecule has 1 N–H and O–H groups in total. The van der Waals surface area contributed by atoms with E-state index < -0.39 is 0 Å². The second-order valence-electron chi connectivity index (χ2n) is 10.4. The monoisotopic (exact) mass is 576 g/mol. The lowest BCUT2D eigenvalue weighted by molar-refractivity contribution is -0.641. The van der Waals surface area contributed by atoms with Crippen LogP contribution >= 0.6 is 34.9 Å². The standard InChI is InChI=1S/C34H30N3S3/c1-21(17-32-37(4)34-27-11-6-5-8-23(27)12-14-30(34)40-32)16-31-36(3)28-18-26(13-15-29(28)39-31)35-19-24-9-7-10-25-20-38-22(2)33(24)25/h5-18,35H,2,19-20H2,1,3-4H3/q+1. The molecule has 0 fully saturated rings. The first-order valence-electron chi connectivity index (χ1n) is 13.4. The minimum atomic E-state index is 0.796. The molecule has 0 spiro atoms. The molecule has 1 aromatic heterocycles. The molecule has 0 bridgehead atoms. The maximum atomic E-state index is 4.27. The Hall–Kier alpha value is -3.45. The molecule has 6 heteroatoms. The van der Waals surface area contributed by atoms with Crippen molar-refractivity contribution in [2.45, 2.75) is 24.1 Å². The van der Waals surface area contributed by atoms with Crippen molar-refractivity contribution in [1.29, 1.82) is 0 Å². The molecular weight excluding hydrogens is 547 g/mol. The van der Waals surface area contributed by atoms with Crippen LogP contribution in [0.5, 0.6) is 0 Å². The first-order valence-corrected chi connectivity index (χ1v) is 16.0. The maximum Gasteiger partial charge on any atom is 0.262 e. The third-order valence-electron chi connectivity index (χ3n) is 7.71. The van der Waals surface area contributed by atoms with Gasteiger partial charge in [0.2, 0.25) is 5.52 Å². The van der Waals surface area contributed by atoms with Gasteiger partial charge in [-0.15, -0.1) is 11.8 Å². The van der Waals surface area contributed by atoms with Crippen molar-refractivity contribution in [3.05, 3.63) is 118 Å². The van der Waals surface area contributed by atoms with Crippen molar-refractivity contribution in [3.8, 4) is 0 Å². The van der Waals surface area contributed by atoms with Gasteiger partial charge in [-0.05, 0) is 71.0 Å². The largest absolute Gasteiger partial charge is 0.381 e. The van der Waals surface area contributed by atoms with Crippen molar-refractivity contribution >= 4 is 78.2 Å². The van der Waals surface area contributed by atoms with Crippen molar-refractivity contribution in [3.63, 3.8) is 0 Å². The fraction of sp³-hybridized carbons (Fsp3) is 0.147. The number of allylic oxidation sites excluding steroid dienone is 2. The minimum Gasteiger partial charge on any atom is -0.381 e. The zero-order valence-corrected chi connectivity index (χ0v) is 25.3. The summed E-state index contributed by atoms with van der Waals surface area (Å²) in [5.41, 5.74) is 8.97. The van der Waals surface area contributed by atoms with Crippen LogP contribution in [0.15, 0.2) is 101 Å². The van der Waals surface area contributed by atoms with E-state index in [9.17, 15) is 0 Å². The SMILES string of the molecule is C=C1SCc2cccc(CNc3ccc4c(c3)N(C)/C(=C/C(C)=C/c3sc5ccc6ccccc6c5[n+]3C)S4)c21. The average Bonchev–Trinajstić information content (AvgIpc) is 3.60. The number of hydrogen-bond donors (Lipinski definition) is 1. The molecular formula is C34H30N3S3+. The molecule has 0 aliphatic carbocycles. The van der Waals surface area contributed by atoms with Gasteiger partial charge in [-0.3, -0.25) is 0 Å². The number of hydrogen-bond acceptors (Lipinski definition) is 5. The molecule has 0 saturated heterocycles. The van der Waals surface area contributed by atoms with E-state index in [0.29, 0.717) is 0 Å². The number of anilines is 2. The summed E-state index contributed by atoms with van der Waals surface area (Å²) in [5.74, 6) is 1.03. The number of aryl methyl sites for hydroxylation is 1. The second-order valence-corrected chi connectivity index (χ2v) is 13.6. The predicted octanol–water partition coefficient (Wildman–Crippen LogP) is 9.20. The summed E-state index contributed by atoms with van der Waals surface area (Å²) in [6, 6.07) is 26.4. The summed E-state index contributed by atoms with van der Waals surface area (Å²) < 4.78 is 3.65. The lowest BCUT2D eigenvalue weighted by Gasteiger charge is -2.16. The highest BCUT2D eigenvalue weighted by atomic mass is 32.2. The normalized spacial score (nSPS) is 15.9. The van der Waals surface area contributed by atoms with Gasteiger partial charge < -0.3 is 10.2 Å². The van der Waals surface area contributed by atoms with Crippen molar-refractivity contribution in [1.82, 2.24) is 0 Å². The van der Waals surface area contributed by atoms with Gasteiger partial charge in [0.15, 0.2) is 0 Å². The summed E-state index contributed by atoms with van der Waals surface area (Å²) in [7, 11) is 4.34. The minimum absolute atomic E-state index is 0.796. The smallest absolute Gasteiger partial charge is 0.262 e. The maximum absolute atomic E-state index is 4.27. The average molecular weight is 577 g/mol. The molecule has 0 atom stereocenters. The summed E-state index contributed by atoms with van der Waals surface area (Å²) in [6.45, 7) is 7.26. The van der Waals surface area contributed by atoms with Gasteiger partial charge in [0, 0.05) is 40.9 Å². The zero-order valence-electron chi connectivity index (χ0n) is 22.8. The van der Waals surface area contributed by atoms with Crippen LogP contribution in [0.4, 0.5) is 11.4 Å². The Balaban J connectivity index is 1.12. The first-order chi connectivity index (χ1) is 19.5. The van der Waals surface area contributed by atoms with Gasteiger partial charge >= 0.3 is 0 Å². The van der Waals surface area contributed by atoms with Crippen LogP contribution in [0.2, 0.25) is 0 Å². The fourth-order valence-corrected chi connectivity index (χ4v) is 8.92. The number of fused-ring (bicyclic) bond motifs is 5. The lowest BCUT2D eigenvalue weighted by Crippen LogP contribution is -2.29. The lowest BCUT2D eigenvalue weighted by atomic mass is 10.0. The van der Waals surface area contributed by atoms with E-state index in [1.165, 1.54) is 68.8 Å². The third kappa shape index (κ3) is 4.44. The number of aromatic nitrogens is 1. The molecule has 3 heterocycles. The number of nitrogens with one attached hydrogen (secondary N) is 1. The Morgan fingerprint density at radius 1 is 1.07 bits per heavy atom. The number of rotatable bonds is 5. The topological polar surface area (TPSA) is 19.1 Å². The van der Waals surface area contributed by atoms with E-state index in [-0.39, 0.29) is 0 Å². The van der Waals surface area contributed by atoms with Crippen molar-refractivity contribution in [2.75, 3.05) is 17.3 Å². The Bertz CT molecular complexity index is 1900. The van der Waals surface area contributed by atoms with E-state index in [2.05, 4.69) is 127 Å². The quantitative estimate of drug-likeness (QED) is 0.210. The van der Waals surface area contributed by atoms with Crippen LogP contribution in [0.1, 0.15) is 28.6 Å². The number of thiazole rings is 1. The third-order valence-corrected chi connectivity index (χ3v) is 11.0. The van der Waals surface area contributed by atoms with E-state index in [1.54, 1.807) is 0 Å². The fourth-order valence-electron chi connectivity index (χ4n) is 5.63. The van der Waals surface area contributed by atoms with Crippen LogP contribution in [0, 0.1) is 0 Å². The zero-order chi connectivity index (χ0) is 27.4. The van der Waals surface area contributed by atoms with E-state index in [0.717, 1.165) is 18.0 Å². The van der Waals surface area contributed by atoms with Crippen LogP contribution < -0.4 is 14.8 Å². The highest BCUT2D eigenvalue weighted by Crippen LogP contribution is 2.47. The number of nitrogens with zero attached hydrogens (tertiary/aromatic N) is 2. The van der Waals surface area contributed by atoms with Crippen molar-refractivity contribution in [2.24, 2.45) is 7.05 Å². The van der Waals surface area contributed by atoms with Gasteiger partial charge in [0.25, 0.3) is 5.01 Å². The molecule has 2 aliphatic heterocycles. The summed E-state index contributed by atoms with van der Waals surface area (Å²) >= 11 is 5.53. The molecule has 0 unspecified atom stereocenters. The van der Waals surface area contributed by atoms with E-state index in [4.69, 9.17) is 0 Å². The Labute approximate surface area is 247 Å². The molecule has 198 valence electrons. The summed E-state index contributed by atoms with van der Waals surface area (Å²) in [6.07, 6.45) is 4.61. The van der Waals surface area contributed by atoms with Gasteiger partial charge in [-0.2, -0.15) is 4.57 Å². The molecule has 7 rings (SSSR count). The Morgan fingerprint density at radius 2 is 1.95 bits per heavy atom. The van der Waals surface area contributed by atoms with E-state index in [1.807, 2.05) is 34.9 Å². The summed E-state index contributed by atoms with van der Waals surface area (Å²) in [5, 5.41) is 8.75. The molecule has 0 saturated carbocycles. The van der Waals surface area contributed by atoms with Crippen molar-refractivity contribution < 1.29 is 4.57 Å². The Morgan fingerprint density at radius 3 is 2.85 bits per heavy atom. The molecule has 40 heavy (non-hydrogen) atoms. The highest BCUT2D eigenvalue weighted by molar-refractivity contribution is 8.08. The van der Waals surface area contributed by atoms with Crippen LogP contribution in [0.25, 0.3) is 32.0 Å². The molecule has 0 radical (unpaired) electrons. The molecule has 5 aromatic rings. The van der Waals surface area contributed by atoms with Crippen LogP contribution in [-0.2, 0) is 19.3 Å². The van der Waals surface area contributed by atoms with Gasteiger partial charge in [0.1, 0.15) is 11.7 Å². The molecule has 0 amide bonds. The van der Waals surface area contributed by atoms with Crippen LogP contribution in [-0.4, -0.2) is 7.05 Å². The molecule has 2 aliphatic rings. The second kappa shape index (κ2) is 10.2. The molecule has 3 nitrogen and oxygen atoms in total. The number of benzene rings is 4. The predicted molar refractivity (Wildman–Crippen MR) is 177 cm³/mol. The van der Waals surface area contributed by atoms with Crippen LogP contribution in [0.3, 0.4) is 0 Å². The van der Waals surface area contributed by atoms with Gasteiger partial charge in [-0.1, -0.05) is 72.1 Å².